The van der Waals surface area contributed by atoms with E-state index < -0.39 is 11.9 Å². The van der Waals surface area contributed by atoms with Gasteiger partial charge in [-0.2, -0.15) is 13.2 Å². The van der Waals surface area contributed by atoms with E-state index in [1.165, 1.54) is 6.92 Å². The van der Waals surface area contributed by atoms with Crippen LogP contribution in [-0.2, 0) is 6.18 Å². The molecule has 1 saturated heterocycles. The number of hydrogen-bond acceptors (Lipinski definition) is 6. The summed E-state index contributed by atoms with van der Waals surface area (Å²) in [6.07, 6.45) is -4.52. The predicted octanol–water partition coefficient (Wildman–Crippen LogP) is 2.17. The van der Waals surface area contributed by atoms with Gasteiger partial charge in [0, 0.05) is 37.6 Å². The molecule has 2 aromatic rings. The highest BCUT2D eigenvalue weighted by Crippen LogP contribution is 2.29. The Balaban J connectivity index is 1.72. The lowest BCUT2D eigenvalue weighted by Gasteiger charge is -2.34. The van der Waals surface area contributed by atoms with Crippen molar-refractivity contribution in [1.82, 2.24) is 24.8 Å². The van der Waals surface area contributed by atoms with Crippen molar-refractivity contribution in [3.8, 4) is 0 Å². The molecule has 27 heavy (non-hydrogen) atoms. The Morgan fingerprint density at radius 3 is 2.15 bits per heavy atom. The fourth-order valence-corrected chi connectivity index (χ4v) is 2.94. The number of rotatable bonds is 2. The summed E-state index contributed by atoms with van der Waals surface area (Å²) < 4.78 is 38.9. The molecule has 0 aromatic carbocycles. The van der Waals surface area contributed by atoms with Crippen LogP contribution in [0, 0.1) is 20.8 Å². The molecule has 0 bridgehead atoms. The highest BCUT2D eigenvalue weighted by atomic mass is 19.4. The van der Waals surface area contributed by atoms with Crippen molar-refractivity contribution in [2.45, 2.75) is 26.9 Å². The van der Waals surface area contributed by atoms with Gasteiger partial charge < -0.3 is 9.80 Å². The molecule has 0 N–H and O–H groups in total. The van der Waals surface area contributed by atoms with Gasteiger partial charge in [-0.15, -0.1) is 0 Å². The molecule has 3 heterocycles. The first-order chi connectivity index (χ1) is 12.6. The van der Waals surface area contributed by atoms with Gasteiger partial charge in [-0.1, -0.05) is 0 Å². The quantitative estimate of drug-likeness (QED) is 0.795. The van der Waals surface area contributed by atoms with Gasteiger partial charge in [0.1, 0.15) is 17.2 Å². The molecule has 0 saturated carbocycles. The van der Waals surface area contributed by atoms with Crippen LogP contribution < -0.4 is 4.90 Å². The molecular formula is C17H19F3N6O. The first-order valence-corrected chi connectivity index (χ1v) is 8.43. The molecule has 2 aromatic heterocycles. The lowest BCUT2D eigenvalue weighted by molar-refractivity contribution is -0.141. The lowest BCUT2D eigenvalue weighted by atomic mass is 10.2. The number of aryl methyl sites for hydroxylation is 3. The lowest BCUT2D eigenvalue weighted by Crippen LogP contribution is -2.49. The monoisotopic (exact) mass is 380 g/mol. The molecule has 0 aliphatic carbocycles. The summed E-state index contributed by atoms with van der Waals surface area (Å²) in [5.41, 5.74) is 0.310. The van der Waals surface area contributed by atoms with Gasteiger partial charge in [-0.05, 0) is 32.9 Å². The van der Waals surface area contributed by atoms with Crippen LogP contribution in [0.3, 0.4) is 0 Å². The zero-order valence-electron chi connectivity index (χ0n) is 15.2. The van der Waals surface area contributed by atoms with Crippen molar-refractivity contribution in [3.05, 3.63) is 40.7 Å². The van der Waals surface area contributed by atoms with E-state index >= 15 is 0 Å². The molecule has 1 fully saturated rings. The third kappa shape index (κ3) is 4.32. The summed E-state index contributed by atoms with van der Waals surface area (Å²) in [5, 5.41) is 0. The Morgan fingerprint density at radius 2 is 1.56 bits per heavy atom. The molecule has 144 valence electrons. The summed E-state index contributed by atoms with van der Waals surface area (Å²) in [7, 11) is 0. The number of aromatic nitrogens is 4. The first kappa shape index (κ1) is 19.0. The third-order valence-electron chi connectivity index (χ3n) is 4.17. The largest absolute Gasteiger partial charge is 0.433 e. The molecule has 0 radical (unpaired) electrons. The van der Waals surface area contributed by atoms with Crippen LogP contribution in [0.25, 0.3) is 0 Å². The summed E-state index contributed by atoms with van der Waals surface area (Å²) in [4.78, 5) is 32.0. The van der Waals surface area contributed by atoms with Crippen molar-refractivity contribution in [2.24, 2.45) is 0 Å². The average molecular weight is 380 g/mol. The molecule has 7 nitrogen and oxygen atoms in total. The van der Waals surface area contributed by atoms with Crippen LogP contribution in [0.4, 0.5) is 19.1 Å². The Hall–Kier alpha value is -2.78. The van der Waals surface area contributed by atoms with Crippen molar-refractivity contribution in [2.75, 3.05) is 31.1 Å². The van der Waals surface area contributed by atoms with Gasteiger partial charge in [-0.25, -0.2) is 19.9 Å². The van der Waals surface area contributed by atoms with Crippen molar-refractivity contribution < 1.29 is 18.0 Å². The first-order valence-electron chi connectivity index (χ1n) is 8.43. The standard InChI is InChI=1S/C17H19F3N6O/c1-10-8-13(23-12(3)21-10)15(27)25-4-6-26(7-5-25)16-22-11(2)9-14(24-16)17(18,19)20/h8-9H,4-7H2,1-3H3. The Morgan fingerprint density at radius 1 is 0.926 bits per heavy atom. The molecule has 0 unspecified atom stereocenters. The summed E-state index contributed by atoms with van der Waals surface area (Å²) >= 11 is 0. The van der Waals surface area contributed by atoms with Gasteiger partial charge >= 0.3 is 6.18 Å². The van der Waals surface area contributed by atoms with Crippen LogP contribution in [0.2, 0.25) is 0 Å². The maximum atomic E-state index is 13.0. The SMILES string of the molecule is Cc1cc(C(=O)N2CCN(c3nc(C)cc(C(F)(F)F)n3)CC2)nc(C)n1. The number of halogens is 3. The van der Waals surface area contributed by atoms with Crippen LogP contribution in [0.5, 0.6) is 0 Å². The van der Waals surface area contributed by atoms with E-state index in [0.29, 0.717) is 43.4 Å². The number of amides is 1. The number of alkyl halides is 3. The van der Waals surface area contributed by atoms with E-state index in [1.54, 1.807) is 29.7 Å². The van der Waals surface area contributed by atoms with Gasteiger partial charge in [-0.3, -0.25) is 4.79 Å². The minimum Gasteiger partial charge on any atom is -0.337 e. The minimum atomic E-state index is -4.52. The Bertz CT molecular complexity index is 842. The second-order valence-corrected chi connectivity index (χ2v) is 6.41. The number of piperazine rings is 1. The zero-order valence-corrected chi connectivity index (χ0v) is 15.2. The van der Waals surface area contributed by atoms with Crippen LogP contribution in [-0.4, -0.2) is 56.9 Å². The second-order valence-electron chi connectivity index (χ2n) is 6.41. The number of nitrogens with zero attached hydrogens (tertiary/aromatic N) is 6. The molecule has 10 heteroatoms. The smallest absolute Gasteiger partial charge is 0.337 e. The maximum absolute atomic E-state index is 13.0. The van der Waals surface area contributed by atoms with Crippen LogP contribution in [0.15, 0.2) is 12.1 Å². The topological polar surface area (TPSA) is 75.1 Å². The number of carbonyl (C=O) groups excluding carboxylic acids is 1. The molecular weight excluding hydrogens is 361 g/mol. The highest BCUT2D eigenvalue weighted by molar-refractivity contribution is 5.92. The third-order valence-corrected chi connectivity index (χ3v) is 4.17. The van der Waals surface area contributed by atoms with E-state index in [9.17, 15) is 18.0 Å². The normalized spacial score (nSPS) is 15.2. The van der Waals surface area contributed by atoms with E-state index in [2.05, 4.69) is 19.9 Å². The summed E-state index contributed by atoms with van der Waals surface area (Å²) in [6.45, 7) is 6.38. The minimum absolute atomic E-state index is 0.0307. The fourth-order valence-electron chi connectivity index (χ4n) is 2.94. The molecule has 3 rings (SSSR count). The molecule has 1 aliphatic rings. The van der Waals surface area contributed by atoms with Crippen LogP contribution in [0.1, 0.15) is 33.4 Å². The van der Waals surface area contributed by atoms with Gasteiger partial charge in [0.25, 0.3) is 5.91 Å². The van der Waals surface area contributed by atoms with E-state index in [4.69, 9.17) is 0 Å². The predicted molar refractivity (Wildman–Crippen MR) is 91.4 cm³/mol. The molecule has 1 amide bonds. The van der Waals surface area contributed by atoms with Crippen LogP contribution >= 0.6 is 0 Å². The van der Waals surface area contributed by atoms with Crippen molar-refractivity contribution in [3.63, 3.8) is 0 Å². The molecule has 1 aliphatic heterocycles. The molecule has 0 spiro atoms. The van der Waals surface area contributed by atoms with Gasteiger partial charge in [0.05, 0.1) is 0 Å². The van der Waals surface area contributed by atoms with E-state index in [0.717, 1.165) is 6.07 Å². The maximum Gasteiger partial charge on any atom is 0.433 e. The van der Waals surface area contributed by atoms with Crippen molar-refractivity contribution in [1.29, 1.82) is 0 Å². The summed E-state index contributed by atoms with van der Waals surface area (Å²) in [5.74, 6) is 0.331. The van der Waals surface area contributed by atoms with Gasteiger partial charge in [0.15, 0.2) is 0 Å². The fraction of sp³-hybridized carbons (Fsp3) is 0.471. The summed E-state index contributed by atoms with van der Waals surface area (Å²) in [6, 6.07) is 2.55. The van der Waals surface area contributed by atoms with Gasteiger partial charge in [0.2, 0.25) is 5.95 Å². The average Bonchev–Trinajstić information content (AvgIpc) is 2.59. The Kier molecular flexibility index (Phi) is 4.99. The zero-order chi connectivity index (χ0) is 19.8. The second kappa shape index (κ2) is 7.09. The van der Waals surface area contributed by atoms with Crippen molar-refractivity contribution >= 4 is 11.9 Å². The highest BCUT2D eigenvalue weighted by Gasteiger charge is 2.34. The number of hydrogen-bond donors (Lipinski definition) is 0. The van der Waals surface area contributed by atoms with E-state index in [1.807, 2.05) is 0 Å². The van der Waals surface area contributed by atoms with E-state index in [-0.39, 0.29) is 17.5 Å². The number of anilines is 1. The molecule has 0 atom stereocenters. The number of carbonyl (C=O) groups is 1. The Labute approximate surface area is 154 Å².